The molecular formula is C9H12N4. The second-order valence-electron chi connectivity index (χ2n) is 2.84. The molecule has 0 unspecified atom stereocenters. The molecule has 1 aliphatic rings. The van der Waals surface area contributed by atoms with Crippen molar-refractivity contribution in [3.05, 3.63) is 30.3 Å². The van der Waals surface area contributed by atoms with Crippen LogP contribution in [0.1, 0.15) is 0 Å². The Labute approximate surface area is 77.0 Å². The van der Waals surface area contributed by atoms with Crippen molar-refractivity contribution in [2.75, 3.05) is 18.1 Å². The Kier molecular flexibility index (Phi) is 2.14. The molecule has 3 N–H and O–H groups in total. The van der Waals surface area contributed by atoms with E-state index in [0.717, 1.165) is 24.7 Å². The molecule has 0 saturated carbocycles. The molecule has 1 aliphatic heterocycles. The number of para-hydroxylation sites is 1. The van der Waals surface area contributed by atoms with Crippen LogP contribution in [0.2, 0.25) is 0 Å². The summed E-state index contributed by atoms with van der Waals surface area (Å²) in [6.07, 6.45) is 0. The molecule has 4 nitrogen and oxygen atoms in total. The number of hydrogen-bond acceptors (Lipinski definition) is 4. The van der Waals surface area contributed by atoms with Crippen LogP contribution in [0.25, 0.3) is 0 Å². The van der Waals surface area contributed by atoms with E-state index in [9.17, 15) is 0 Å². The quantitative estimate of drug-likeness (QED) is 0.479. The highest BCUT2D eigenvalue weighted by Crippen LogP contribution is 2.09. The standard InChI is InChI=1S/C9H12N4/c10-13(9-11-6-7-12-9)8-4-2-1-3-5-8/h1-5H,6-7,10H2,(H,11,12). The number of nitrogens with one attached hydrogen (secondary N) is 1. The SMILES string of the molecule is NN(C1=NCCN1)c1ccccc1. The topological polar surface area (TPSA) is 53.6 Å². The van der Waals surface area contributed by atoms with Crippen molar-refractivity contribution in [3.63, 3.8) is 0 Å². The van der Waals surface area contributed by atoms with Crippen LogP contribution in [0.5, 0.6) is 0 Å². The van der Waals surface area contributed by atoms with E-state index in [1.807, 2.05) is 30.3 Å². The van der Waals surface area contributed by atoms with Gasteiger partial charge in [0.25, 0.3) is 0 Å². The second kappa shape index (κ2) is 3.45. The molecule has 1 aromatic rings. The first-order chi connectivity index (χ1) is 6.38. The van der Waals surface area contributed by atoms with Gasteiger partial charge in [-0.1, -0.05) is 18.2 Å². The van der Waals surface area contributed by atoms with Gasteiger partial charge >= 0.3 is 0 Å². The summed E-state index contributed by atoms with van der Waals surface area (Å²) in [6, 6.07) is 9.75. The zero-order valence-corrected chi connectivity index (χ0v) is 7.27. The minimum absolute atomic E-state index is 0.742. The van der Waals surface area contributed by atoms with Crippen LogP contribution in [-0.2, 0) is 0 Å². The highest BCUT2D eigenvalue weighted by Gasteiger charge is 2.11. The Balaban J connectivity index is 2.17. The van der Waals surface area contributed by atoms with Gasteiger partial charge in [-0.2, -0.15) is 0 Å². The monoisotopic (exact) mass is 176 g/mol. The molecule has 0 bridgehead atoms. The summed E-state index contributed by atoms with van der Waals surface area (Å²) in [5, 5.41) is 4.67. The fourth-order valence-corrected chi connectivity index (χ4v) is 1.26. The fraction of sp³-hybridized carbons (Fsp3) is 0.222. The molecule has 0 atom stereocenters. The van der Waals surface area contributed by atoms with Crippen molar-refractivity contribution in [1.82, 2.24) is 5.32 Å². The fourth-order valence-electron chi connectivity index (χ4n) is 1.26. The predicted octanol–water partition coefficient (Wildman–Crippen LogP) is 0.326. The van der Waals surface area contributed by atoms with Crippen LogP contribution in [-0.4, -0.2) is 19.0 Å². The van der Waals surface area contributed by atoms with Gasteiger partial charge in [0, 0.05) is 6.54 Å². The van der Waals surface area contributed by atoms with Gasteiger partial charge in [0.15, 0.2) is 0 Å². The molecule has 0 radical (unpaired) electrons. The molecule has 68 valence electrons. The van der Waals surface area contributed by atoms with Crippen LogP contribution in [0.3, 0.4) is 0 Å². The van der Waals surface area contributed by atoms with Crippen LogP contribution in [0.15, 0.2) is 35.3 Å². The first-order valence-electron chi connectivity index (χ1n) is 4.26. The lowest BCUT2D eigenvalue weighted by molar-refractivity contribution is 0.943. The third kappa shape index (κ3) is 1.62. The molecule has 0 aliphatic carbocycles. The Hall–Kier alpha value is -1.55. The number of nitrogens with two attached hydrogens (primary N) is 1. The summed E-state index contributed by atoms with van der Waals surface area (Å²) < 4.78 is 0. The van der Waals surface area contributed by atoms with E-state index < -0.39 is 0 Å². The van der Waals surface area contributed by atoms with Gasteiger partial charge < -0.3 is 5.32 Å². The molecule has 1 aromatic carbocycles. The third-order valence-electron chi connectivity index (χ3n) is 1.92. The van der Waals surface area contributed by atoms with Crippen molar-refractivity contribution in [2.45, 2.75) is 0 Å². The van der Waals surface area contributed by atoms with Crippen LogP contribution < -0.4 is 16.2 Å². The molecule has 1 heterocycles. The normalized spacial score (nSPS) is 15.0. The third-order valence-corrected chi connectivity index (χ3v) is 1.92. The number of nitrogens with zero attached hydrogens (tertiary/aromatic N) is 2. The smallest absolute Gasteiger partial charge is 0.213 e. The van der Waals surface area contributed by atoms with Crippen molar-refractivity contribution in [2.24, 2.45) is 10.8 Å². The number of rotatable bonds is 1. The lowest BCUT2D eigenvalue weighted by Gasteiger charge is -2.17. The Morgan fingerprint density at radius 2 is 2.08 bits per heavy atom. The molecule has 0 fully saturated rings. The number of benzene rings is 1. The molecule has 0 amide bonds. The largest absolute Gasteiger partial charge is 0.353 e. The lowest BCUT2D eigenvalue weighted by atomic mass is 10.3. The number of anilines is 1. The maximum Gasteiger partial charge on any atom is 0.213 e. The second-order valence-corrected chi connectivity index (χ2v) is 2.84. The zero-order chi connectivity index (χ0) is 9.10. The van der Waals surface area contributed by atoms with Gasteiger partial charge in [-0.05, 0) is 12.1 Å². The highest BCUT2D eigenvalue weighted by atomic mass is 15.5. The summed E-state index contributed by atoms with van der Waals surface area (Å²) in [4.78, 5) is 4.22. The van der Waals surface area contributed by atoms with E-state index >= 15 is 0 Å². The van der Waals surface area contributed by atoms with E-state index in [-0.39, 0.29) is 0 Å². The number of guanidine groups is 1. The van der Waals surface area contributed by atoms with E-state index in [0.29, 0.717) is 0 Å². The van der Waals surface area contributed by atoms with Gasteiger partial charge in [0.2, 0.25) is 5.96 Å². The number of hydrazine groups is 1. The minimum Gasteiger partial charge on any atom is -0.353 e. The van der Waals surface area contributed by atoms with Gasteiger partial charge in [-0.25, -0.2) is 15.8 Å². The molecular weight excluding hydrogens is 164 g/mol. The first kappa shape index (κ1) is 8.07. The average Bonchev–Trinajstić information content (AvgIpc) is 2.71. The summed E-state index contributed by atoms with van der Waals surface area (Å²) in [6.45, 7) is 1.67. The molecule has 13 heavy (non-hydrogen) atoms. The van der Waals surface area contributed by atoms with Gasteiger partial charge in [0.1, 0.15) is 0 Å². The van der Waals surface area contributed by atoms with E-state index in [1.54, 1.807) is 5.01 Å². The number of aliphatic imine (C=N–C) groups is 1. The van der Waals surface area contributed by atoms with Crippen molar-refractivity contribution < 1.29 is 0 Å². The summed E-state index contributed by atoms with van der Waals surface area (Å²) >= 11 is 0. The van der Waals surface area contributed by atoms with Crippen LogP contribution in [0.4, 0.5) is 5.69 Å². The molecule has 2 rings (SSSR count). The van der Waals surface area contributed by atoms with Gasteiger partial charge in [-0.3, -0.25) is 0 Å². The first-order valence-corrected chi connectivity index (χ1v) is 4.26. The summed E-state index contributed by atoms with van der Waals surface area (Å²) in [5.41, 5.74) is 0.940. The zero-order valence-electron chi connectivity index (χ0n) is 7.27. The lowest BCUT2D eigenvalue weighted by Crippen LogP contribution is -2.43. The Bertz CT molecular complexity index is 307. The van der Waals surface area contributed by atoms with Crippen molar-refractivity contribution in [3.8, 4) is 0 Å². The van der Waals surface area contributed by atoms with Crippen molar-refractivity contribution >= 4 is 11.6 Å². The maximum atomic E-state index is 5.84. The Morgan fingerprint density at radius 1 is 1.31 bits per heavy atom. The van der Waals surface area contributed by atoms with Crippen LogP contribution in [0, 0.1) is 0 Å². The summed E-state index contributed by atoms with van der Waals surface area (Å²) in [5.74, 6) is 6.58. The molecule has 4 heteroatoms. The average molecular weight is 176 g/mol. The molecule has 0 aromatic heterocycles. The maximum absolute atomic E-state index is 5.84. The van der Waals surface area contributed by atoms with Gasteiger partial charge in [-0.15, -0.1) is 0 Å². The minimum atomic E-state index is 0.742. The van der Waals surface area contributed by atoms with Gasteiger partial charge in [0.05, 0.1) is 12.2 Å². The Morgan fingerprint density at radius 3 is 2.69 bits per heavy atom. The summed E-state index contributed by atoms with van der Waals surface area (Å²) in [7, 11) is 0. The van der Waals surface area contributed by atoms with E-state index in [2.05, 4.69) is 10.3 Å². The highest BCUT2D eigenvalue weighted by molar-refractivity contribution is 5.95. The molecule has 0 spiro atoms. The van der Waals surface area contributed by atoms with E-state index in [4.69, 9.17) is 5.84 Å². The van der Waals surface area contributed by atoms with E-state index in [1.165, 1.54) is 0 Å². The number of hydrogen-bond donors (Lipinski definition) is 2. The molecule has 0 saturated heterocycles. The predicted molar refractivity (Wildman–Crippen MR) is 53.4 cm³/mol. The van der Waals surface area contributed by atoms with Crippen LogP contribution >= 0.6 is 0 Å². The van der Waals surface area contributed by atoms with Crippen molar-refractivity contribution in [1.29, 1.82) is 0 Å².